The third-order valence-electron chi connectivity index (χ3n) is 5.10. The molecule has 0 aliphatic rings. The largest absolute Gasteiger partial charge is 0.481 e. The second-order valence-electron chi connectivity index (χ2n) is 8.16. The van der Waals surface area contributed by atoms with E-state index in [0.717, 1.165) is 3.17 Å². The predicted octanol–water partition coefficient (Wildman–Crippen LogP) is 5.25. The molecule has 1 unspecified atom stereocenters. The van der Waals surface area contributed by atoms with Crippen LogP contribution in [0, 0.1) is 0 Å². The number of unbranched alkanes of at least 4 members (excludes halogenated alkanes) is 10. The third-order valence-corrected chi connectivity index (χ3v) is 7.34. The minimum atomic E-state index is -4.84. The summed E-state index contributed by atoms with van der Waals surface area (Å²) in [5.74, 6) is -3.50. The number of aliphatic carboxylic acids is 2. The molecule has 0 bridgehead atoms. The third kappa shape index (κ3) is 22.5. The number of hydrogen-bond acceptors (Lipinski definition) is 4. The summed E-state index contributed by atoms with van der Waals surface area (Å²) < 4.78 is 29.8. The molecule has 3 N–H and O–H groups in total. The Bertz CT molecular complexity index is 521. The summed E-state index contributed by atoms with van der Waals surface area (Å²) in [6.45, 7) is 4.60. The van der Waals surface area contributed by atoms with E-state index in [1.165, 1.54) is 118 Å². The Morgan fingerprint density at radius 2 is 1.13 bits per heavy atom. The first-order valence-corrected chi connectivity index (χ1v) is 14.1. The zero-order valence-corrected chi connectivity index (χ0v) is 22.0. The van der Waals surface area contributed by atoms with Crippen molar-refractivity contribution in [1.82, 2.24) is 0 Å². The van der Waals surface area contributed by atoms with Gasteiger partial charge in [0.1, 0.15) is 0 Å². The molecule has 0 radical (unpaired) electrons. The van der Waals surface area contributed by atoms with Crippen molar-refractivity contribution in [2.24, 2.45) is 0 Å². The van der Waals surface area contributed by atoms with Crippen LogP contribution in [0.5, 0.6) is 0 Å². The summed E-state index contributed by atoms with van der Waals surface area (Å²) in [5, 5.41) is 13.9. The maximum absolute atomic E-state index is 10.2. The van der Waals surface area contributed by atoms with Gasteiger partial charge >= 0.3 is 147 Å². The molecule has 7 nitrogen and oxygen atoms in total. The van der Waals surface area contributed by atoms with Gasteiger partial charge in [-0.3, -0.25) is 14.1 Å². The van der Waals surface area contributed by atoms with Crippen LogP contribution >= 0.6 is 0 Å². The van der Waals surface area contributed by atoms with E-state index in [-0.39, 0.29) is 0 Å². The molecular formula is C21H41NaO7S. The number of carboxylic acids is 2. The second kappa shape index (κ2) is 20.7. The van der Waals surface area contributed by atoms with Crippen molar-refractivity contribution in [2.75, 3.05) is 0 Å². The van der Waals surface area contributed by atoms with Gasteiger partial charge in [-0.2, -0.15) is 8.42 Å². The normalized spacial score (nSPS) is 12.3. The monoisotopic (exact) mass is 460 g/mol. The van der Waals surface area contributed by atoms with Crippen molar-refractivity contribution in [3.05, 3.63) is 0 Å². The number of carboxylic acid groups (broad SMARTS) is 2. The first-order chi connectivity index (χ1) is 14.1. The fourth-order valence-electron chi connectivity index (χ4n) is 3.17. The summed E-state index contributed by atoms with van der Waals surface area (Å²) in [5.41, 5.74) is 0. The average molecular weight is 461 g/mol. The quantitative estimate of drug-likeness (QED) is 0.145. The fraction of sp³-hybridized carbons (Fsp3) is 0.905. The van der Waals surface area contributed by atoms with Gasteiger partial charge < -0.3 is 10.2 Å². The summed E-state index contributed by atoms with van der Waals surface area (Å²) in [4.78, 5) is 20.0. The van der Waals surface area contributed by atoms with Gasteiger partial charge in [0.15, 0.2) is 5.25 Å². The molecule has 0 fully saturated rings. The first-order valence-electron chi connectivity index (χ1n) is 11.5. The van der Waals surface area contributed by atoms with Gasteiger partial charge in [-0.15, -0.1) is 0 Å². The summed E-state index contributed by atoms with van der Waals surface area (Å²) >= 11 is 1.43. The Balaban J connectivity index is 0. The minimum absolute atomic E-state index is 1.11. The van der Waals surface area contributed by atoms with E-state index < -0.39 is 33.7 Å². The van der Waals surface area contributed by atoms with E-state index in [4.69, 9.17) is 14.8 Å². The molecule has 0 rings (SSSR count). The second-order valence-corrected chi connectivity index (χ2v) is 11.4. The van der Waals surface area contributed by atoms with Gasteiger partial charge in [0, 0.05) is 0 Å². The molecule has 0 aromatic rings. The molecule has 0 heterocycles. The van der Waals surface area contributed by atoms with E-state index in [1.54, 1.807) is 0 Å². The van der Waals surface area contributed by atoms with Crippen LogP contribution in [0.1, 0.15) is 110 Å². The molecule has 0 saturated heterocycles. The molecule has 0 aromatic heterocycles. The Kier molecular flexibility index (Phi) is 22.1. The Morgan fingerprint density at radius 3 is 1.40 bits per heavy atom. The topological polar surface area (TPSA) is 129 Å². The maximum atomic E-state index is 10.2. The standard InChI is InChI=1S/C17H35.C4H6O7S.Na/c1-3-5-7-9-11-13-15-17-16-14-12-10-8-6-4-2;5-3(6)1-2(4(7)8)12(9,10)11;/h17H,3-16H2,1-2H3;2H,1H2,(H,5,6)(H,7,8)(H,9,10,11);. The molecule has 0 amide bonds. The van der Waals surface area contributed by atoms with Crippen molar-refractivity contribution in [1.29, 1.82) is 0 Å². The van der Waals surface area contributed by atoms with E-state index >= 15 is 0 Å². The van der Waals surface area contributed by atoms with Crippen LogP contribution in [-0.4, -0.2) is 68.3 Å². The molecule has 9 heteroatoms. The Morgan fingerprint density at radius 1 is 0.767 bits per heavy atom. The molecule has 0 aliphatic heterocycles. The molecular weight excluding hydrogens is 419 g/mol. The first kappa shape index (κ1) is 32.0. The maximum Gasteiger partial charge on any atom is 0.325 e. The van der Waals surface area contributed by atoms with Gasteiger partial charge in [-0.05, 0) is 0 Å². The smallest absolute Gasteiger partial charge is 0.325 e. The van der Waals surface area contributed by atoms with Crippen LogP contribution in [0.3, 0.4) is 0 Å². The molecule has 30 heavy (non-hydrogen) atoms. The van der Waals surface area contributed by atoms with Crippen LogP contribution in [0.4, 0.5) is 0 Å². The molecule has 0 spiro atoms. The van der Waals surface area contributed by atoms with Crippen molar-refractivity contribution in [2.45, 2.75) is 119 Å². The summed E-state index contributed by atoms with van der Waals surface area (Å²) in [6, 6.07) is 0. The van der Waals surface area contributed by atoms with Gasteiger partial charge in [0.2, 0.25) is 0 Å². The molecule has 0 aromatic carbocycles. The minimum Gasteiger partial charge on any atom is -0.481 e. The van der Waals surface area contributed by atoms with Crippen molar-refractivity contribution in [3.63, 3.8) is 0 Å². The van der Waals surface area contributed by atoms with E-state index in [9.17, 15) is 18.0 Å². The summed E-state index contributed by atoms with van der Waals surface area (Å²) in [7, 11) is -4.84. The van der Waals surface area contributed by atoms with Gasteiger partial charge in [0.25, 0.3) is 10.1 Å². The zero-order valence-electron chi connectivity index (χ0n) is 19.1. The molecule has 1 atom stereocenters. The number of hydrogen-bond donors (Lipinski definition) is 3. The number of rotatable bonds is 18. The van der Waals surface area contributed by atoms with E-state index in [1.807, 2.05) is 0 Å². The molecule has 0 saturated carbocycles. The van der Waals surface area contributed by atoms with E-state index in [0.29, 0.717) is 0 Å². The molecule has 0 aliphatic carbocycles. The van der Waals surface area contributed by atoms with Crippen LogP contribution < -0.4 is 0 Å². The summed E-state index contributed by atoms with van der Waals surface area (Å²) in [6.07, 6.45) is 19.5. The van der Waals surface area contributed by atoms with Crippen LogP contribution in [0.2, 0.25) is 3.17 Å². The molecule has 174 valence electrons. The van der Waals surface area contributed by atoms with Crippen molar-refractivity contribution < 1.29 is 32.8 Å². The predicted molar refractivity (Wildman–Crippen MR) is 121 cm³/mol. The SMILES string of the molecule is CCCCCCCC[CH]([Na])CCCCCCCC.O=C(O)CC(C(=O)O)S(=O)(=O)O. The fourth-order valence-corrected chi connectivity index (χ4v) is 4.59. The average Bonchev–Trinajstić information content (AvgIpc) is 2.64. The number of carbonyl (C=O) groups is 2. The zero-order chi connectivity index (χ0) is 23.4. The van der Waals surface area contributed by atoms with Gasteiger partial charge in [0.05, 0.1) is 6.42 Å². The van der Waals surface area contributed by atoms with Crippen LogP contribution in [0.25, 0.3) is 0 Å². The Hall–Kier alpha value is -0.150. The van der Waals surface area contributed by atoms with Crippen molar-refractivity contribution in [3.8, 4) is 0 Å². The Labute approximate surface area is 200 Å². The van der Waals surface area contributed by atoms with E-state index in [2.05, 4.69) is 13.8 Å². The van der Waals surface area contributed by atoms with Gasteiger partial charge in [-0.25, -0.2) is 0 Å². The van der Waals surface area contributed by atoms with Crippen LogP contribution in [-0.2, 0) is 19.7 Å². The van der Waals surface area contributed by atoms with Gasteiger partial charge in [-0.1, -0.05) is 0 Å². The van der Waals surface area contributed by atoms with Crippen LogP contribution in [0.15, 0.2) is 0 Å². The van der Waals surface area contributed by atoms with Crippen molar-refractivity contribution >= 4 is 50.0 Å².